The summed E-state index contributed by atoms with van der Waals surface area (Å²) in [6, 6.07) is 1.96. The third kappa shape index (κ3) is 4.06. The summed E-state index contributed by atoms with van der Waals surface area (Å²) in [6.45, 7) is 7.58. The molecule has 0 aliphatic carbocycles. The smallest absolute Gasteiger partial charge is 0.225 e. The lowest BCUT2D eigenvalue weighted by Gasteiger charge is -2.23. The van der Waals surface area contributed by atoms with Crippen LogP contribution >= 0.6 is 0 Å². The van der Waals surface area contributed by atoms with Crippen LogP contribution in [0.3, 0.4) is 0 Å². The van der Waals surface area contributed by atoms with E-state index in [4.69, 9.17) is 0 Å². The minimum atomic E-state index is -0.183. The van der Waals surface area contributed by atoms with E-state index in [-0.39, 0.29) is 17.4 Å². The van der Waals surface area contributed by atoms with Gasteiger partial charge < -0.3 is 15.1 Å². The van der Waals surface area contributed by atoms with Crippen LogP contribution in [0.5, 0.6) is 0 Å². The van der Waals surface area contributed by atoms with Gasteiger partial charge in [0.15, 0.2) is 0 Å². The molecule has 1 aromatic rings. The first kappa shape index (κ1) is 15.5. The molecule has 116 valence electrons. The van der Waals surface area contributed by atoms with Crippen LogP contribution in [-0.4, -0.2) is 48.6 Å². The zero-order chi connectivity index (χ0) is 15.6. The highest BCUT2D eigenvalue weighted by molar-refractivity contribution is 5.80. The Bertz CT molecular complexity index is 509. The van der Waals surface area contributed by atoms with Gasteiger partial charge in [0.05, 0.1) is 5.92 Å². The molecule has 1 aliphatic heterocycles. The molecular weight excluding hydrogens is 266 g/mol. The van der Waals surface area contributed by atoms with E-state index in [2.05, 4.69) is 20.2 Å². The summed E-state index contributed by atoms with van der Waals surface area (Å²) in [4.78, 5) is 24.9. The highest BCUT2D eigenvalue weighted by Crippen LogP contribution is 2.24. The second-order valence-electron chi connectivity index (χ2n) is 6.80. The molecule has 1 aromatic heterocycles. The monoisotopic (exact) mass is 291 g/mol. The van der Waals surface area contributed by atoms with Gasteiger partial charge in [-0.2, -0.15) is 0 Å². The number of amides is 1. The number of rotatable bonds is 3. The molecule has 1 fully saturated rings. The van der Waals surface area contributed by atoms with E-state index in [0.29, 0.717) is 6.54 Å². The summed E-state index contributed by atoms with van der Waals surface area (Å²) in [5.74, 6) is 1.93. The van der Waals surface area contributed by atoms with E-state index in [1.165, 1.54) is 0 Å². The number of carbonyl (C=O) groups is 1. The van der Waals surface area contributed by atoms with Crippen LogP contribution in [0.4, 0.5) is 11.6 Å². The van der Waals surface area contributed by atoms with Crippen molar-refractivity contribution in [3.63, 3.8) is 0 Å². The van der Waals surface area contributed by atoms with Gasteiger partial charge in [0, 0.05) is 38.8 Å². The van der Waals surface area contributed by atoms with Crippen LogP contribution in [0.15, 0.2) is 12.4 Å². The van der Waals surface area contributed by atoms with E-state index in [1.54, 1.807) is 6.33 Å². The Morgan fingerprint density at radius 1 is 1.38 bits per heavy atom. The second kappa shape index (κ2) is 5.87. The van der Waals surface area contributed by atoms with Gasteiger partial charge in [-0.25, -0.2) is 9.97 Å². The SMILES string of the molecule is CN(C)c1cc(N2CCC(C(=O)NC(C)(C)C)C2)ncn1. The molecule has 1 aliphatic rings. The Kier molecular flexibility index (Phi) is 4.34. The van der Waals surface area contributed by atoms with Crippen molar-refractivity contribution < 1.29 is 4.79 Å². The van der Waals surface area contributed by atoms with E-state index in [0.717, 1.165) is 24.6 Å². The average Bonchev–Trinajstić information content (AvgIpc) is 2.86. The van der Waals surface area contributed by atoms with E-state index < -0.39 is 0 Å². The molecule has 2 rings (SSSR count). The first-order valence-corrected chi connectivity index (χ1v) is 7.32. The molecule has 0 bridgehead atoms. The number of hydrogen-bond acceptors (Lipinski definition) is 5. The topological polar surface area (TPSA) is 61.4 Å². The zero-order valence-corrected chi connectivity index (χ0v) is 13.6. The fourth-order valence-electron chi connectivity index (χ4n) is 2.41. The van der Waals surface area contributed by atoms with Crippen molar-refractivity contribution in [1.82, 2.24) is 15.3 Å². The third-order valence-electron chi connectivity index (χ3n) is 3.48. The van der Waals surface area contributed by atoms with Crippen LogP contribution in [-0.2, 0) is 4.79 Å². The van der Waals surface area contributed by atoms with Crippen molar-refractivity contribution >= 4 is 17.5 Å². The molecule has 1 saturated heterocycles. The lowest BCUT2D eigenvalue weighted by Crippen LogP contribution is -2.44. The fraction of sp³-hybridized carbons (Fsp3) is 0.667. The highest BCUT2D eigenvalue weighted by Gasteiger charge is 2.30. The predicted molar refractivity (Wildman–Crippen MR) is 84.6 cm³/mol. The van der Waals surface area contributed by atoms with Crippen molar-refractivity contribution in [1.29, 1.82) is 0 Å². The largest absolute Gasteiger partial charge is 0.363 e. The molecule has 0 saturated carbocycles. The van der Waals surface area contributed by atoms with Gasteiger partial charge >= 0.3 is 0 Å². The van der Waals surface area contributed by atoms with E-state index >= 15 is 0 Å². The molecule has 0 spiro atoms. The summed E-state index contributed by atoms with van der Waals surface area (Å²) >= 11 is 0. The average molecular weight is 291 g/mol. The summed E-state index contributed by atoms with van der Waals surface area (Å²) in [7, 11) is 3.91. The molecule has 1 atom stereocenters. The summed E-state index contributed by atoms with van der Waals surface area (Å²) in [5.41, 5.74) is -0.183. The minimum absolute atomic E-state index is 0.0296. The number of carbonyl (C=O) groups excluding carboxylic acids is 1. The van der Waals surface area contributed by atoms with Gasteiger partial charge in [-0.05, 0) is 27.2 Å². The maximum absolute atomic E-state index is 12.2. The number of nitrogens with zero attached hydrogens (tertiary/aromatic N) is 4. The Morgan fingerprint density at radius 2 is 2.10 bits per heavy atom. The lowest BCUT2D eigenvalue weighted by atomic mass is 10.0. The van der Waals surface area contributed by atoms with Crippen LogP contribution in [0.2, 0.25) is 0 Å². The molecule has 6 heteroatoms. The number of anilines is 2. The van der Waals surface area contributed by atoms with E-state index in [9.17, 15) is 4.79 Å². The predicted octanol–water partition coefficient (Wildman–Crippen LogP) is 1.28. The van der Waals surface area contributed by atoms with Crippen molar-refractivity contribution in [3.05, 3.63) is 12.4 Å². The maximum Gasteiger partial charge on any atom is 0.225 e. The molecule has 2 heterocycles. The molecule has 6 nitrogen and oxygen atoms in total. The van der Waals surface area contributed by atoms with Gasteiger partial charge in [0.25, 0.3) is 0 Å². The van der Waals surface area contributed by atoms with Crippen LogP contribution in [0.25, 0.3) is 0 Å². The maximum atomic E-state index is 12.2. The van der Waals surface area contributed by atoms with Gasteiger partial charge in [-0.1, -0.05) is 0 Å². The Morgan fingerprint density at radius 3 is 2.71 bits per heavy atom. The number of nitrogens with one attached hydrogen (secondary N) is 1. The minimum Gasteiger partial charge on any atom is -0.363 e. The quantitative estimate of drug-likeness (QED) is 0.909. The van der Waals surface area contributed by atoms with Gasteiger partial charge in [0.1, 0.15) is 18.0 Å². The molecular formula is C15H25N5O. The molecule has 1 unspecified atom stereocenters. The fourth-order valence-corrected chi connectivity index (χ4v) is 2.41. The molecule has 0 radical (unpaired) electrons. The third-order valence-corrected chi connectivity index (χ3v) is 3.48. The van der Waals surface area contributed by atoms with Crippen molar-refractivity contribution in [2.24, 2.45) is 5.92 Å². The Balaban J connectivity index is 2.02. The van der Waals surface area contributed by atoms with E-state index in [1.807, 2.05) is 45.8 Å². The van der Waals surface area contributed by atoms with Crippen LogP contribution in [0.1, 0.15) is 27.2 Å². The summed E-state index contributed by atoms with van der Waals surface area (Å²) in [6.07, 6.45) is 2.44. The van der Waals surface area contributed by atoms with Gasteiger partial charge in [-0.3, -0.25) is 4.79 Å². The first-order valence-electron chi connectivity index (χ1n) is 7.32. The lowest BCUT2D eigenvalue weighted by molar-refractivity contribution is -0.125. The highest BCUT2D eigenvalue weighted by atomic mass is 16.2. The van der Waals surface area contributed by atoms with Crippen molar-refractivity contribution in [3.8, 4) is 0 Å². The van der Waals surface area contributed by atoms with Crippen molar-refractivity contribution in [2.75, 3.05) is 37.0 Å². The number of hydrogen-bond donors (Lipinski definition) is 1. The Hall–Kier alpha value is -1.85. The normalized spacial score (nSPS) is 18.7. The van der Waals surface area contributed by atoms with Crippen molar-refractivity contribution in [2.45, 2.75) is 32.7 Å². The van der Waals surface area contributed by atoms with Gasteiger partial charge in [-0.15, -0.1) is 0 Å². The molecule has 1 amide bonds. The summed E-state index contributed by atoms with van der Waals surface area (Å²) in [5, 5.41) is 3.06. The first-order chi connectivity index (χ1) is 9.76. The standard InChI is InChI=1S/C15H25N5O/c1-15(2,3)18-14(21)11-6-7-20(9-11)13-8-12(19(4)5)16-10-17-13/h8,10-11H,6-7,9H2,1-5H3,(H,18,21). The summed E-state index contributed by atoms with van der Waals surface area (Å²) < 4.78 is 0. The molecule has 0 aromatic carbocycles. The second-order valence-corrected chi connectivity index (χ2v) is 6.80. The number of aromatic nitrogens is 2. The molecule has 1 N–H and O–H groups in total. The van der Waals surface area contributed by atoms with Gasteiger partial charge in [0.2, 0.25) is 5.91 Å². The van der Waals surface area contributed by atoms with Crippen LogP contribution < -0.4 is 15.1 Å². The van der Waals surface area contributed by atoms with Crippen LogP contribution in [0, 0.1) is 5.92 Å². The Labute approximate surface area is 126 Å². The molecule has 21 heavy (non-hydrogen) atoms. The zero-order valence-electron chi connectivity index (χ0n) is 13.6.